The fraction of sp³-hybridized carbons (Fsp3) is 0.0625. The number of hydrogen-bond acceptors (Lipinski definition) is 5. The Bertz CT molecular complexity index is 897. The van der Waals surface area contributed by atoms with Crippen LogP contribution < -0.4 is 5.43 Å². The third-order valence-electron chi connectivity index (χ3n) is 3.06. The third-order valence-corrected chi connectivity index (χ3v) is 4.40. The van der Waals surface area contributed by atoms with E-state index in [0.717, 1.165) is 15.8 Å². The zero-order chi connectivity index (χ0) is 17.8. The summed E-state index contributed by atoms with van der Waals surface area (Å²) < 4.78 is 40.0. The summed E-state index contributed by atoms with van der Waals surface area (Å²) in [6, 6.07) is 11.2. The molecule has 25 heavy (non-hydrogen) atoms. The largest absolute Gasteiger partial charge is 0.280 e. The van der Waals surface area contributed by atoms with Crippen molar-refractivity contribution in [2.24, 2.45) is 5.10 Å². The molecule has 1 aromatic carbocycles. The third kappa shape index (κ3) is 4.64. The standard InChI is InChI=1S/C16H10BrF3N4S/c17-10-3-1-9(2-4-10)12-7-13(15(19)20)23-16(22-12)24-21-8-11-5-6-14(18)25-11/h1-8,15H,(H,22,23,24)/b21-8+. The number of alkyl halides is 2. The van der Waals surface area contributed by atoms with E-state index >= 15 is 0 Å². The molecular formula is C16H10BrF3N4S. The van der Waals surface area contributed by atoms with Crippen molar-refractivity contribution in [3.63, 3.8) is 0 Å². The summed E-state index contributed by atoms with van der Waals surface area (Å²) in [7, 11) is 0. The molecule has 2 aromatic heterocycles. The maximum atomic E-state index is 13.1. The van der Waals surface area contributed by atoms with E-state index < -0.39 is 12.1 Å². The van der Waals surface area contributed by atoms with Crippen LogP contribution in [0.15, 0.2) is 52.0 Å². The molecule has 1 N–H and O–H groups in total. The van der Waals surface area contributed by atoms with Gasteiger partial charge in [0.05, 0.1) is 16.8 Å². The van der Waals surface area contributed by atoms with Crippen LogP contribution in [-0.2, 0) is 0 Å². The highest BCUT2D eigenvalue weighted by molar-refractivity contribution is 9.10. The van der Waals surface area contributed by atoms with E-state index in [-0.39, 0.29) is 11.1 Å². The van der Waals surface area contributed by atoms with Crippen molar-refractivity contribution in [2.75, 3.05) is 5.43 Å². The minimum Gasteiger partial charge on any atom is -0.245 e. The lowest BCUT2D eigenvalue weighted by molar-refractivity contribution is 0.146. The molecule has 0 unspecified atom stereocenters. The van der Waals surface area contributed by atoms with Crippen LogP contribution in [0.4, 0.5) is 19.1 Å². The quantitative estimate of drug-likeness (QED) is 0.433. The van der Waals surface area contributed by atoms with Crippen LogP contribution in [0, 0.1) is 5.13 Å². The molecule has 128 valence electrons. The van der Waals surface area contributed by atoms with Crippen molar-refractivity contribution in [2.45, 2.75) is 6.43 Å². The van der Waals surface area contributed by atoms with E-state index in [1.807, 2.05) is 0 Å². The lowest BCUT2D eigenvalue weighted by Crippen LogP contribution is -2.02. The lowest BCUT2D eigenvalue weighted by atomic mass is 10.1. The monoisotopic (exact) mass is 426 g/mol. The molecule has 0 bridgehead atoms. The van der Waals surface area contributed by atoms with Gasteiger partial charge in [-0.25, -0.2) is 24.2 Å². The summed E-state index contributed by atoms with van der Waals surface area (Å²) in [5.41, 5.74) is 3.11. The molecule has 0 saturated heterocycles. The fourth-order valence-corrected chi connectivity index (χ4v) is 2.81. The number of hydrogen-bond donors (Lipinski definition) is 1. The molecule has 0 aliphatic rings. The number of rotatable bonds is 5. The van der Waals surface area contributed by atoms with E-state index in [4.69, 9.17) is 0 Å². The highest BCUT2D eigenvalue weighted by Gasteiger charge is 2.14. The highest BCUT2D eigenvalue weighted by Crippen LogP contribution is 2.25. The molecule has 0 aliphatic carbocycles. The fourth-order valence-electron chi connectivity index (χ4n) is 1.95. The summed E-state index contributed by atoms with van der Waals surface area (Å²) in [6.45, 7) is 0. The van der Waals surface area contributed by atoms with Gasteiger partial charge in [0.15, 0.2) is 5.13 Å². The Morgan fingerprint density at radius 1 is 1.12 bits per heavy atom. The predicted octanol–water partition coefficient (Wildman–Crippen LogP) is 5.49. The van der Waals surface area contributed by atoms with Gasteiger partial charge in [0.25, 0.3) is 6.43 Å². The second kappa shape index (κ2) is 7.75. The molecule has 2 heterocycles. The first kappa shape index (κ1) is 17.6. The summed E-state index contributed by atoms with van der Waals surface area (Å²) in [6.07, 6.45) is -1.38. The minimum absolute atomic E-state index is 0.0657. The molecule has 0 radical (unpaired) electrons. The number of hydrazone groups is 1. The summed E-state index contributed by atoms with van der Waals surface area (Å²) >= 11 is 4.23. The molecular weight excluding hydrogens is 417 g/mol. The number of nitrogens with one attached hydrogen (secondary N) is 1. The van der Waals surface area contributed by atoms with Crippen LogP contribution in [0.2, 0.25) is 0 Å². The molecule has 3 rings (SSSR count). The van der Waals surface area contributed by atoms with Gasteiger partial charge in [0, 0.05) is 10.0 Å². The van der Waals surface area contributed by atoms with Crippen molar-refractivity contribution in [3.8, 4) is 11.3 Å². The van der Waals surface area contributed by atoms with Crippen molar-refractivity contribution < 1.29 is 13.2 Å². The Balaban J connectivity index is 1.87. The first-order chi connectivity index (χ1) is 12.0. The molecule has 9 heteroatoms. The van der Waals surface area contributed by atoms with E-state index in [9.17, 15) is 13.2 Å². The predicted molar refractivity (Wildman–Crippen MR) is 95.6 cm³/mol. The Kier molecular flexibility index (Phi) is 5.44. The topological polar surface area (TPSA) is 50.2 Å². The second-order valence-corrected chi connectivity index (χ2v) is 6.80. The first-order valence-corrected chi connectivity index (χ1v) is 8.60. The van der Waals surface area contributed by atoms with Gasteiger partial charge in [-0.2, -0.15) is 9.49 Å². The Hall–Kier alpha value is -2.26. The molecule has 4 nitrogen and oxygen atoms in total. The van der Waals surface area contributed by atoms with Crippen LogP contribution in [0.25, 0.3) is 11.3 Å². The van der Waals surface area contributed by atoms with Crippen LogP contribution in [0.1, 0.15) is 17.0 Å². The van der Waals surface area contributed by atoms with Gasteiger partial charge in [0.2, 0.25) is 5.95 Å². The first-order valence-electron chi connectivity index (χ1n) is 6.99. The smallest absolute Gasteiger partial charge is 0.245 e. The van der Waals surface area contributed by atoms with E-state index in [0.29, 0.717) is 16.1 Å². The van der Waals surface area contributed by atoms with Gasteiger partial charge in [-0.3, -0.25) is 0 Å². The second-order valence-electron chi connectivity index (χ2n) is 4.82. The number of thiophene rings is 1. The molecule has 0 amide bonds. The summed E-state index contributed by atoms with van der Waals surface area (Å²) in [4.78, 5) is 8.52. The van der Waals surface area contributed by atoms with Crippen molar-refractivity contribution in [3.05, 3.63) is 62.6 Å². The van der Waals surface area contributed by atoms with Gasteiger partial charge in [0.1, 0.15) is 5.69 Å². The van der Waals surface area contributed by atoms with Gasteiger partial charge in [-0.1, -0.05) is 28.1 Å². The van der Waals surface area contributed by atoms with Crippen molar-refractivity contribution in [1.29, 1.82) is 0 Å². The lowest BCUT2D eigenvalue weighted by Gasteiger charge is -2.07. The number of benzene rings is 1. The maximum Gasteiger partial charge on any atom is 0.280 e. The SMILES string of the molecule is Fc1ccc(/C=N/Nc2nc(-c3ccc(Br)cc3)cc(C(F)F)n2)s1. The van der Waals surface area contributed by atoms with Crippen molar-refractivity contribution in [1.82, 2.24) is 9.97 Å². The molecule has 0 saturated carbocycles. The molecule has 0 fully saturated rings. The van der Waals surface area contributed by atoms with E-state index in [1.54, 1.807) is 30.3 Å². The summed E-state index contributed by atoms with van der Waals surface area (Å²) in [5, 5.41) is 3.53. The summed E-state index contributed by atoms with van der Waals surface area (Å²) in [5.74, 6) is -0.0657. The number of halogens is 4. The number of anilines is 1. The minimum atomic E-state index is -2.74. The van der Waals surface area contributed by atoms with Gasteiger partial charge in [-0.05, 0) is 30.3 Å². The molecule has 0 atom stereocenters. The Labute approximate surface area is 153 Å². The number of nitrogens with zero attached hydrogens (tertiary/aromatic N) is 3. The van der Waals surface area contributed by atoms with Gasteiger partial charge in [-0.15, -0.1) is 11.3 Å². The maximum absolute atomic E-state index is 13.1. The Morgan fingerprint density at radius 2 is 1.88 bits per heavy atom. The molecule has 0 spiro atoms. The average molecular weight is 427 g/mol. The van der Waals surface area contributed by atoms with Crippen LogP contribution in [-0.4, -0.2) is 16.2 Å². The molecule has 0 aliphatic heterocycles. The van der Waals surface area contributed by atoms with Crippen LogP contribution >= 0.6 is 27.3 Å². The Morgan fingerprint density at radius 3 is 2.52 bits per heavy atom. The van der Waals surface area contributed by atoms with Crippen molar-refractivity contribution >= 4 is 39.4 Å². The molecule has 3 aromatic rings. The zero-order valence-electron chi connectivity index (χ0n) is 12.5. The van der Waals surface area contributed by atoms with Gasteiger partial charge < -0.3 is 0 Å². The average Bonchev–Trinajstić information content (AvgIpc) is 3.00. The zero-order valence-corrected chi connectivity index (χ0v) is 14.9. The van der Waals surface area contributed by atoms with Gasteiger partial charge >= 0.3 is 0 Å². The van der Waals surface area contributed by atoms with Crippen LogP contribution in [0.3, 0.4) is 0 Å². The normalized spacial score (nSPS) is 11.4. The highest BCUT2D eigenvalue weighted by atomic mass is 79.9. The van der Waals surface area contributed by atoms with E-state index in [2.05, 4.69) is 36.4 Å². The van der Waals surface area contributed by atoms with E-state index in [1.165, 1.54) is 18.3 Å². The van der Waals surface area contributed by atoms with Crippen LogP contribution in [0.5, 0.6) is 0 Å². The number of aromatic nitrogens is 2.